The van der Waals surface area contributed by atoms with Crippen molar-refractivity contribution in [3.05, 3.63) is 63.8 Å². The third kappa shape index (κ3) is 4.47. The molecule has 198 valence electrons. The number of aliphatic imine (C=N–C) groups is 1. The van der Waals surface area contributed by atoms with Gasteiger partial charge in [-0.1, -0.05) is 23.7 Å². The van der Waals surface area contributed by atoms with Crippen LogP contribution in [0.15, 0.2) is 52.7 Å². The van der Waals surface area contributed by atoms with Crippen molar-refractivity contribution in [3.63, 3.8) is 0 Å². The highest BCUT2D eigenvalue weighted by Crippen LogP contribution is 2.50. The molecule has 2 aromatic rings. The zero-order chi connectivity index (χ0) is 26.4. The highest BCUT2D eigenvalue weighted by molar-refractivity contribution is 6.32. The van der Waals surface area contributed by atoms with E-state index >= 15 is 0 Å². The number of carbonyl (C=O) groups is 2. The largest absolute Gasteiger partial charge is 0.497 e. The predicted molar refractivity (Wildman–Crippen MR) is 142 cm³/mol. The summed E-state index contributed by atoms with van der Waals surface area (Å²) in [5.41, 5.74) is 3.60. The lowest BCUT2D eigenvalue weighted by molar-refractivity contribution is -0.151. The molecule has 7 nitrogen and oxygen atoms in total. The van der Waals surface area contributed by atoms with Crippen molar-refractivity contribution in [1.29, 1.82) is 0 Å². The van der Waals surface area contributed by atoms with Gasteiger partial charge in [-0.2, -0.15) is 0 Å². The third-order valence-corrected chi connectivity index (χ3v) is 8.47. The summed E-state index contributed by atoms with van der Waals surface area (Å²) in [6, 6.07) is 11.3. The molecule has 2 heterocycles. The molecule has 1 unspecified atom stereocenters. The van der Waals surface area contributed by atoms with E-state index in [4.69, 9.17) is 35.5 Å². The van der Waals surface area contributed by atoms with Crippen LogP contribution in [-0.4, -0.2) is 37.5 Å². The SMILES string of the molecule is COc1ccc([C@@H]2CC(=O)C3=C(C2)N=C(C)C(C(=O)OC2CCCC2)[C@H]3c2cc3c(cc2Cl)OCO3)cc1. The summed E-state index contributed by atoms with van der Waals surface area (Å²) in [4.78, 5) is 32.4. The Morgan fingerprint density at radius 3 is 2.47 bits per heavy atom. The van der Waals surface area contributed by atoms with Gasteiger partial charge in [0.1, 0.15) is 17.8 Å². The third-order valence-electron chi connectivity index (χ3n) is 8.14. The Bertz CT molecular complexity index is 1340. The van der Waals surface area contributed by atoms with Crippen LogP contribution in [0.4, 0.5) is 0 Å². The Hall–Kier alpha value is -3.32. The van der Waals surface area contributed by atoms with E-state index in [1.165, 1.54) is 0 Å². The van der Waals surface area contributed by atoms with E-state index in [1.54, 1.807) is 19.2 Å². The van der Waals surface area contributed by atoms with Crippen LogP contribution < -0.4 is 14.2 Å². The number of carbonyl (C=O) groups excluding carboxylic acids is 2. The van der Waals surface area contributed by atoms with Gasteiger partial charge in [0.25, 0.3) is 0 Å². The maximum atomic E-state index is 13.9. The molecule has 6 rings (SSSR count). The fourth-order valence-electron chi connectivity index (χ4n) is 6.23. The molecule has 2 aromatic carbocycles. The van der Waals surface area contributed by atoms with Gasteiger partial charge in [-0.05, 0) is 74.3 Å². The molecule has 0 spiro atoms. The van der Waals surface area contributed by atoms with Crippen molar-refractivity contribution in [2.24, 2.45) is 10.9 Å². The zero-order valence-corrected chi connectivity index (χ0v) is 22.3. The number of benzene rings is 2. The normalized spacial score (nSPS) is 24.8. The minimum Gasteiger partial charge on any atom is -0.497 e. The second kappa shape index (κ2) is 10.1. The average molecular weight is 536 g/mol. The van der Waals surface area contributed by atoms with Crippen molar-refractivity contribution < 1.29 is 28.5 Å². The van der Waals surface area contributed by atoms with E-state index in [2.05, 4.69) is 0 Å². The number of fused-ring (bicyclic) bond motifs is 1. The molecular weight excluding hydrogens is 506 g/mol. The van der Waals surface area contributed by atoms with E-state index in [0.717, 1.165) is 37.0 Å². The molecule has 0 bridgehead atoms. The van der Waals surface area contributed by atoms with Gasteiger partial charge in [0.15, 0.2) is 17.3 Å². The van der Waals surface area contributed by atoms with Crippen LogP contribution in [0, 0.1) is 5.92 Å². The molecule has 1 saturated carbocycles. The number of esters is 1. The fraction of sp³-hybridized carbons (Fsp3) is 0.433. The number of allylic oxidation sites excluding steroid dienone is 2. The number of ketones is 1. The monoisotopic (exact) mass is 535 g/mol. The second-order valence-corrected chi connectivity index (χ2v) is 10.8. The number of hydrogen-bond acceptors (Lipinski definition) is 7. The lowest BCUT2D eigenvalue weighted by Gasteiger charge is -2.37. The maximum absolute atomic E-state index is 13.9. The summed E-state index contributed by atoms with van der Waals surface area (Å²) < 4.78 is 22.4. The van der Waals surface area contributed by atoms with Crippen LogP contribution in [-0.2, 0) is 14.3 Å². The van der Waals surface area contributed by atoms with Crippen LogP contribution in [0.2, 0.25) is 5.02 Å². The van der Waals surface area contributed by atoms with Gasteiger partial charge in [-0.15, -0.1) is 0 Å². The standard InChI is InChI=1S/C30H30ClNO6/c1-16-27(30(34)38-20-5-3-4-6-20)28(21-13-25-26(14-22(21)31)37-15-36-25)29-23(32-16)11-18(12-24(29)33)17-7-9-19(35-2)10-8-17/h7-10,13-14,18,20,27-28H,3-6,11-12,15H2,1-2H3/t18-,27?,28+/m0/s1. The molecule has 0 radical (unpaired) electrons. The number of nitrogens with zero attached hydrogens (tertiary/aromatic N) is 1. The summed E-state index contributed by atoms with van der Waals surface area (Å²) in [6.45, 7) is 1.95. The Morgan fingerprint density at radius 1 is 1.05 bits per heavy atom. The van der Waals surface area contributed by atoms with Gasteiger partial charge in [0.2, 0.25) is 6.79 Å². The quantitative estimate of drug-likeness (QED) is 0.428. The lowest BCUT2D eigenvalue weighted by atomic mass is 9.69. The van der Waals surface area contributed by atoms with Gasteiger partial charge < -0.3 is 18.9 Å². The van der Waals surface area contributed by atoms with Gasteiger partial charge in [-0.3, -0.25) is 14.6 Å². The molecule has 0 amide bonds. The first-order valence-corrected chi connectivity index (χ1v) is 13.6. The minimum absolute atomic E-state index is 0.0152. The molecule has 4 aliphatic rings. The van der Waals surface area contributed by atoms with Crippen molar-refractivity contribution in [2.45, 2.75) is 63.4 Å². The van der Waals surface area contributed by atoms with E-state index < -0.39 is 11.8 Å². The smallest absolute Gasteiger partial charge is 0.315 e. The Labute approximate surface area is 226 Å². The Morgan fingerprint density at radius 2 is 1.76 bits per heavy atom. The van der Waals surface area contributed by atoms with Crippen LogP contribution in [0.25, 0.3) is 0 Å². The number of Topliss-reactive ketones (excluding diaryl/α,β-unsaturated/α-hetero) is 1. The van der Waals surface area contributed by atoms with Crippen LogP contribution in [0.5, 0.6) is 17.2 Å². The highest BCUT2D eigenvalue weighted by Gasteiger charge is 2.46. The summed E-state index contributed by atoms with van der Waals surface area (Å²) in [5.74, 6) is 0.121. The molecule has 2 aliphatic carbocycles. The number of hydrogen-bond donors (Lipinski definition) is 0. The molecule has 2 aliphatic heterocycles. The summed E-state index contributed by atoms with van der Waals surface area (Å²) >= 11 is 6.79. The summed E-state index contributed by atoms with van der Waals surface area (Å²) in [5, 5.41) is 0.421. The molecule has 3 atom stereocenters. The molecule has 38 heavy (non-hydrogen) atoms. The predicted octanol–water partition coefficient (Wildman–Crippen LogP) is 6.14. The van der Waals surface area contributed by atoms with Crippen LogP contribution >= 0.6 is 11.6 Å². The minimum atomic E-state index is -0.742. The van der Waals surface area contributed by atoms with Crippen molar-refractivity contribution >= 4 is 29.1 Å². The van der Waals surface area contributed by atoms with E-state index in [0.29, 0.717) is 51.9 Å². The van der Waals surface area contributed by atoms with Crippen LogP contribution in [0.3, 0.4) is 0 Å². The Kier molecular flexibility index (Phi) is 6.64. The number of halogens is 1. The summed E-state index contributed by atoms with van der Waals surface area (Å²) in [7, 11) is 1.63. The van der Waals surface area contributed by atoms with Gasteiger partial charge >= 0.3 is 5.97 Å². The summed E-state index contributed by atoms with van der Waals surface area (Å²) in [6.07, 6.45) is 4.64. The molecule has 0 saturated heterocycles. The Balaban J connectivity index is 1.41. The van der Waals surface area contributed by atoms with Gasteiger partial charge in [0, 0.05) is 40.4 Å². The van der Waals surface area contributed by atoms with Crippen LogP contribution in [0.1, 0.15) is 68.4 Å². The van der Waals surface area contributed by atoms with E-state index in [9.17, 15) is 9.59 Å². The first kappa shape index (κ1) is 25.0. The topological polar surface area (TPSA) is 83.4 Å². The van der Waals surface area contributed by atoms with Crippen molar-refractivity contribution in [1.82, 2.24) is 0 Å². The zero-order valence-electron chi connectivity index (χ0n) is 21.5. The van der Waals surface area contributed by atoms with Gasteiger partial charge in [-0.25, -0.2) is 0 Å². The number of rotatable bonds is 5. The average Bonchev–Trinajstić information content (AvgIpc) is 3.59. The first-order chi connectivity index (χ1) is 18.4. The van der Waals surface area contributed by atoms with E-state index in [-0.39, 0.29) is 30.6 Å². The van der Waals surface area contributed by atoms with Crippen molar-refractivity contribution in [2.75, 3.05) is 13.9 Å². The van der Waals surface area contributed by atoms with Gasteiger partial charge in [0.05, 0.1) is 7.11 Å². The second-order valence-electron chi connectivity index (χ2n) is 10.4. The molecule has 0 aromatic heterocycles. The fourth-order valence-corrected chi connectivity index (χ4v) is 6.50. The highest BCUT2D eigenvalue weighted by atomic mass is 35.5. The maximum Gasteiger partial charge on any atom is 0.315 e. The number of ether oxygens (including phenoxy) is 4. The lowest BCUT2D eigenvalue weighted by Crippen LogP contribution is -2.39. The molecule has 1 fully saturated rings. The van der Waals surface area contributed by atoms with E-state index in [1.807, 2.05) is 31.2 Å². The van der Waals surface area contributed by atoms with Crippen molar-refractivity contribution in [3.8, 4) is 17.2 Å². The molecule has 0 N–H and O–H groups in total. The molecular formula is C30H30ClNO6. The first-order valence-electron chi connectivity index (χ1n) is 13.2. The molecule has 8 heteroatoms. The number of methoxy groups -OCH3 is 1.